The summed E-state index contributed by atoms with van der Waals surface area (Å²) in [5, 5.41) is 3.62. The molecule has 2 rings (SSSR count). The minimum atomic E-state index is 0.724. The molecule has 1 N–H and O–H groups in total. The smallest absolute Gasteiger partial charge is 0.122 e. The van der Waals surface area contributed by atoms with Gasteiger partial charge in [-0.05, 0) is 49.6 Å². The van der Waals surface area contributed by atoms with Gasteiger partial charge >= 0.3 is 0 Å². The molecule has 3 heteroatoms. The van der Waals surface area contributed by atoms with Gasteiger partial charge < -0.3 is 14.8 Å². The van der Waals surface area contributed by atoms with E-state index in [4.69, 9.17) is 9.47 Å². The Kier molecular flexibility index (Phi) is 4.88. The maximum atomic E-state index is 5.38. The van der Waals surface area contributed by atoms with Crippen molar-refractivity contribution < 1.29 is 9.47 Å². The van der Waals surface area contributed by atoms with Crippen molar-refractivity contribution in [3.8, 4) is 11.5 Å². The third-order valence-corrected chi connectivity index (χ3v) is 3.67. The highest BCUT2D eigenvalue weighted by atomic mass is 16.5. The number of benzene rings is 1. The molecule has 0 heterocycles. The lowest BCUT2D eigenvalue weighted by Crippen LogP contribution is -2.28. The summed E-state index contributed by atoms with van der Waals surface area (Å²) in [6.45, 7) is 1.01. The van der Waals surface area contributed by atoms with E-state index in [1.807, 2.05) is 12.1 Å². The molecule has 0 bridgehead atoms. The predicted molar refractivity (Wildman–Crippen MR) is 73.5 cm³/mol. The average Bonchev–Trinajstić information content (AvgIpc) is 2.92. The van der Waals surface area contributed by atoms with Crippen molar-refractivity contribution >= 4 is 0 Å². The van der Waals surface area contributed by atoms with Crippen LogP contribution in [0, 0.1) is 0 Å². The van der Waals surface area contributed by atoms with E-state index in [2.05, 4.69) is 11.4 Å². The summed E-state index contributed by atoms with van der Waals surface area (Å²) in [7, 11) is 3.41. The molecule has 0 unspecified atom stereocenters. The van der Waals surface area contributed by atoms with Crippen LogP contribution in [-0.2, 0) is 6.42 Å². The minimum Gasteiger partial charge on any atom is -0.497 e. The Labute approximate surface area is 109 Å². The predicted octanol–water partition coefficient (Wildman–Crippen LogP) is 2.78. The van der Waals surface area contributed by atoms with Crippen LogP contribution >= 0.6 is 0 Å². The van der Waals surface area contributed by atoms with E-state index in [9.17, 15) is 0 Å². The van der Waals surface area contributed by atoms with Crippen molar-refractivity contribution in [2.24, 2.45) is 0 Å². The monoisotopic (exact) mass is 249 g/mol. The van der Waals surface area contributed by atoms with Gasteiger partial charge in [-0.1, -0.05) is 12.8 Å². The average molecular weight is 249 g/mol. The van der Waals surface area contributed by atoms with Gasteiger partial charge in [0.25, 0.3) is 0 Å². The van der Waals surface area contributed by atoms with E-state index in [0.29, 0.717) is 0 Å². The standard InChI is InChI=1S/C15H23NO2/c1-17-14-7-8-15(18-2)12(11-14)9-10-16-13-5-3-4-6-13/h7-8,11,13,16H,3-6,9-10H2,1-2H3. The molecule has 1 fully saturated rings. The van der Waals surface area contributed by atoms with E-state index in [1.165, 1.54) is 31.2 Å². The summed E-state index contributed by atoms with van der Waals surface area (Å²) in [4.78, 5) is 0. The molecule has 3 nitrogen and oxygen atoms in total. The van der Waals surface area contributed by atoms with Gasteiger partial charge in [0.2, 0.25) is 0 Å². The number of methoxy groups -OCH3 is 2. The quantitative estimate of drug-likeness (QED) is 0.841. The van der Waals surface area contributed by atoms with Crippen molar-refractivity contribution in [2.45, 2.75) is 38.1 Å². The Hall–Kier alpha value is -1.22. The van der Waals surface area contributed by atoms with Crippen LogP contribution < -0.4 is 14.8 Å². The van der Waals surface area contributed by atoms with Crippen LogP contribution in [0.1, 0.15) is 31.2 Å². The van der Waals surface area contributed by atoms with E-state index in [-0.39, 0.29) is 0 Å². The summed E-state index contributed by atoms with van der Waals surface area (Å²) < 4.78 is 10.6. The summed E-state index contributed by atoms with van der Waals surface area (Å²) in [6.07, 6.45) is 6.39. The molecule has 1 saturated carbocycles. The van der Waals surface area contributed by atoms with Crippen LogP contribution in [0.25, 0.3) is 0 Å². The summed E-state index contributed by atoms with van der Waals surface area (Å²) in [5.74, 6) is 1.84. The first kappa shape index (κ1) is 13.2. The van der Waals surface area contributed by atoms with Gasteiger partial charge in [0, 0.05) is 6.04 Å². The lowest BCUT2D eigenvalue weighted by atomic mass is 10.1. The normalized spacial score (nSPS) is 15.9. The first-order valence-electron chi connectivity index (χ1n) is 6.78. The fourth-order valence-corrected chi connectivity index (χ4v) is 2.62. The van der Waals surface area contributed by atoms with Crippen molar-refractivity contribution in [3.63, 3.8) is 0 Å². The number of hydrogen-bond acceptors (Lipinski definition) is 3. The van der Waals surface area contributed by atoms with Crippen LogP contribution in [0.15, 0.2) is 18.2 Å². The van der Waals surface area contributed by atoms with Crippen LogP contribution in [0.4, 0.5) is 0 Å². The van der Waals surface area contributed by atoms with Crippen molar-refractivity contribution in [2.75, 3.05) is 20.8 Å². The molecule has 0 aromatic heterocycles. The Balaban J connectivity index is 1.89. The zero-order valence-electron chi connectivity index (χ0n) is 11.4. The molecule has 18 heavy (non-hydrogen) atoms. The molecule has 1 aromatic rings. The second-order valence-corrected chi connectivity index (χ2v) is 4.86. The third kappa shape index (κ3) is 3.39. The molecule has 1 aromatic carbocycles. The largest absolute Gasteiger partial charge is 0.497 e. The van der Waals surface area contributed by atoms with Gasteiger partial charge in [-0.2, -0.15) is 0 Å². The van der Waals surface area contributed by atoms with Gasteiger partial charge in [0.15, 0.2) is 0 Å². The second-order valence-electron chi connectivity index (χ2n) is 4.86. The highest BCUT2D eigenvalue weighted by molar-refractivity contribution is 5.40. The lowest BCUT2D eigenvalue weighted by molar-refractivity contribution is 0.397. The van der Waals surface area contributed by atoms with Gasteiger partial charge in [0.05, 0.1) is 14.2 Å². The lowest BCUT2D eigenvalue weighted by Gasteiger charge is -2.14. The molecule has 1 aliphatic rings. The first-order chi connectivity index (χ1) is 8.83. The van der Waals surface area contributed by atoms with Crippen LogP contribution in [0.2, 0.25) is 0 Å². The van der Waals surface area contributed by atoms with E-state index >= 15 is 0 Å². The number of nitrogens with one attached hydrogen (secondary N) is 1. The number of rotatable bonds is 6. The molecule has 0 amide bonds. The molecular formula is C15H23NO2. The van der Waals surface area contributed by atoms with Crippen LogP contribution in [-0.4, -0.2) is 26.8 Å². The molecule has 0 saturated heterocycles. The Morgan fingerprint density at radius 2 is 1.94 bits per heavy atom. The highest BCUT2D eigenvalue weighted by Gasteiger charge is 2.14. The topological polar surface area (TPSA) is 30.5 Å². The molecule has 0 spiro atoms. The zero-order valence-corrected chi connectivity index (χ0v) is 11.4. The summed E-state index contributed by atoms with van der Waals surface area (Å²) in [5.41, 5.74) is 1.21. The number of hydrogen-bond donors (Lipinski definition) is 1. The zero-order chi connectivity index (χ0) is 12.8. The molecule has 0 radical (unpaired) electrons. The third-order valence-electron chi connectivity index (χ3n) is 3.67. The molecule has 100 valence electrons. The van der Waals surface area contributed by atoms with E-state index < -0.39 is 0 Å². The van der Waals surface area contributed by atoms with Crippen molar-refractivity contribution in [1.29, 1.82) is 0 Å². The van der Waals surface area contributed by atoms with Gasteiger partial charge in [-0.15, -0.1) is 0 Å². The van der Waals surface area contributed by atoms with Gasteiger partial charge in [-0.25, -0.2) is 0 Å². The molecular weight excluding hydrogens is 226 g/mol. The maximum Gasteiger partial charge on any atom is 0.122 e. The molecule has 1 aliphatic carbocycles. The van der Waals surface area contributed by atoms with Gasteiger partial charge in [-0.3, -0.25) is 0 Å². The fraction of sp³-hybridized carbons (Fsp3) is 0.600. The first-order valence-corrected chi connectivity index (χ1v) is 6.78. The minimum absolute atomic E-state index is 0.724. The van der Waals surface area contributed by atoms with Crippen molar-refractivity contribution in [1.82, 2.24) is 5.32 Å². The van der Waals surface area contributed by atoms with Crippen LogP contribution in [0.5, 0.6) is 11.5 Å². The SMILES string of the molecule is COc1ccc(OC)c(CCNC2CCCC2)c1. The fourth-order valence-electron chi connectivity index (χ4n) is 2.62. The van der Waals surface area contributed by atoms with Gasteiger partial charge in [0.1, 0.15) is 11.5 Å². The molecule has 0 aliphatic heterocycles. The number of ether oxygens (including phenoxy) is 2. The van der Waals surface area contributed by atoms with Crippen molar-refractivity contribution in [3.05, 3.63) is 23.8 Å². The Morgan fingerprint density at radius 1 is 1.17 bits per heavy atom. The maximum absolute atomic E-state index is 5.38. The Morgan fingerprint density at radius 3 is 2.61 bits per heavy atom. The van der Waals surface area contributed by atoms with E-state index in [1.54, 1.807) is 14.2 Å². The Bertz CT molecular complexity index is 373. The van der Waals surface area contributed by atoms with Crippen LogP contribution in [0.3, 0.4) is 0 Å². The summed E-state index contributed by atoms with van der Waals surface area (Å²) >= 11 is 0. The highest BCUT2D eigenvalue weighted by Crippen LogP contribution is 2.24. The molecule has 0 atom stereocenters. The van der Waals surface area contributed by atoms with E-state index in [0.717, 1.165) is 30.5 Å². The summed E-state index contributed by atoms with van der Waals surface area (Å²) in [6, 6.07) is 6.70. The second kappa shape index (κ2) is 6.64.